The van der Waals surface area contributed by atoms with E-state index in [1.165, 1.54) is 6.07 Å². The van der Waals surface area contributed by atoms with Crippen molar-refractivity contribution in [2.75, 3.05) is 18.4 Å². The van der Waals surface area contributed by atoms with E-state index in [9.17, 15) is 14.9 Å². The standard InChI is InChI=1S/C14H19N3O3/c1-2-15-14-11(6-5-7-12(14)17(19)20)10-16-9-4-3-8-13(16)18/h5-7,15H,2-4,8-10H2,1H3. The number of nitro groups is 1. The molecule has 0 spiro atoms. The van der Waals surface area contributed by atoms with Crippen LogP contribution in [0, 0.1) is 10.1 Å². The summed E-state index contributed by atoms with van der Waals surface area (Å²) in [5.41, 5.74) is 1.39. The zero-order valence-electron chi connectivity index (χ0n) is 11.6. The van der Waals surface area contributed by atoms with Gasteiger partial charge in [-0.3, -0.25) is 14.9 Å². The lowest BCUT2D eigenvalue weighted by Crippen LogP contribution is -2.34. The minimum Gasteiger partial charge on any atom is -0.379 e. The maximum atomic E-state index is 11.9. The molecule has 1 heterocycles. The summed E-state index contributed by atoms with van der Waals surface area (Å²) in [6.07, 6.45) is 2.51. The molecular formula is C14H19N3O3. The summed E-state index contributed by atoms with van der Waals surface area (Å²) in [5, 5.41) is 14.1. The van der Waals surface area contributed by atoms with Gasteiger partial charge in [0, 0.05) is 37.7 Å². The van der Waals surface area contributed by atoms with Gasteiger partial charge in [0.15, 0.2) is 0 Å². The lowest BCUT2D eigenvalue weighted by molar-refractivity contribution is -0.384. The number of rotatable bonds is 5. The molecule has 0 unspecified atom stereocenters. The predicted molar refractivity (Wildman–Crippen MR) is 76.5 cm³/mol. The summed E-state index contributed by atoms with van der Waals surface area (Å²) < 4.78 is 0. The van der Waals surface area contributed by atoms with E-state index >= 15 is 0 Å². The third-order valence-electron chi connectivity index (χ3n) is 3.46. The fourth-order valence-electron chi connectivity index (χ4n) is 2.49. The lowest BCUT2D eigenvalue weighted by Gasteiger charge is -2.27. The van der Waals surface area contributed by atoms with E-state index in [0.29, 0.717) is 25.2 Å². The van der Waals surface area contributed by atoms with E-state index < -0.39 is 0 Å². The third-order valence-corrected chi connectivity index (χ3v) is 3.46. The Bertz CT molecular complexity index is 516. The molecule has 2 rings (SSSR count). The normalized spacial score (nSPS) is 15.2. The van der Waals surface area contributed by atoms with E-state index in [1.807, 2.05) is 13.0 Å². The Morgan fingerprint density at radius 3 is 2.85 bits per heavy atom. The van der Waals surface area contributed by atoms with Gasteiger partial charge in [0.1, 0.15) is 5.69 Å². The first-order valence-corrected chi connectivity index (χ1v) is 6.91. The number of nitrogens with one attached hydrogen (secondary N) is 1. The van der Waals surface area contributed by atoms with Crippen molar-refractivity contribution in [2.24, 2.45) is 0 Å². The van der Waals surface area contributed by atoms with Gasteiger partial charge in [-0.15, -0.1) is 0 Å². The van der Waals surface area contributed by atoms with E-state index in [-0.39, 0.29) is 16.5 Å². The van der Waals surface area contributed by atoms with Crippen LogP contribution in [-0.2, 0) is 11.3 Å². The SMILES string of the molecule is CCNc1c(CN2CCCCC2=O)cccc1[N+](=O)[O-]. The fourth-order valence-corrected chi connectivity index (χ4v) is 2.49. The summed E-state index contributed by atoms with van der Waals surface area (Å²) in [5.74, 6) is 0.130. The molecule has 1 fully saturated rings. The number of benzene rings is 1. The van der Waals surface area contributed by atoms with Gasteiger partial charge in [-0.2, -0.15) is 0 Å². The molecule has 1 N–H and O–H groups in total. The van der Waals surface area contributed by atoms with Gasteiger partial charge in [0.2, 0.25) is 5.91 Å². The number of para-hydroxylation sites is 1. The first-order valence-electron chi connectivity index (χ1n) is 6.91. The molecule has 1 aromatic rings. The topological polar surface area (TPSA) is 75.5 Å². The molecule has 0 atom stereocenters. The lowest BCUT2D eigenvalue weighted by atomic mass is 10.1. The van der Waals surface area contributed by atoms with Gasteiger partial charge in [-0.25, -0.2) is 0 Å². The van der Waals surface area contributed by atoms with E-state index in [1.54, 1.807) is 11.0 Å². The highest BCUT2D eigenvalue weighted by Crippen LogP contribution is 2.29. The number of likely N-dealkylation sites (tertiary alicyclic amines) is 1. The molecule has 1 aromatic carbocycles. The summed E-state index contributed by atoms with van der Waals surface area (Å²) in [6, 6.07) is 5.00. The quantitative estimate of drug-likeness (QED) is 0.663. The van der Waals surface area contributed by atoms with Gasteiger partial charge < -0.3 is 10.2 Å². The number of hydrogen-bond donors (Lipinski definition) is 1. The van der Waals surface area contributed by atoms with Crippen molar-refractivity contribution in [1.29, 1.82) is 0 Å². The molecule has 108 valence electrons. The number of anilines is 1. The summed E-state index contributed by atoms with van der Waals surface area (Å²) >= 11 is 0. The van der Waals surface area contributed by atoms with Crippen molar-refractivity contribution < 1.29 is 9.72 Å². The van der Waals surface area contributed by atoms with Gasteiger partial charge in [0.25, 0.3) is 5.69 Å². The van der Waals surface area contributed by atoms with Gasteiger partial charge in [-0.1, -0.05) is 12.1 Å². The van der Waals surface area contributed by atoms with Gasteiger partial charge in [-0.05, 0) is 19.8 Å². The number of piperidine rings is 1. The highest BCUT2D eigenvalue weighted by molar-refractivity contribution is 5.77. The van der Waals surface area contributed by atoms with Crippen molar-refractivity contribution in [3.63, 3.8) is 0 Å². The number of hydrogen-bond acceptors (Lipinski definition) is 4. The highest BCUT2D eigenvalue weighted by Gasteiger charge is 2.22. The van der Waals surface area contributed by atoms with Crippen LogP contribution in [0.4, 0.5) is 11.4 Å². The zero-order valence-corrected chi connectivity index (χ0v) is 11.6. The molecule has 1 amide bonds. The van der Waals surface area contributed by atoms with Gasteiger partial charge >= 0.3 is 0 Å². The van der Waals surface area contributed by atoms with Gasteiger partial charge in [0.05, 0.1) is 4.92 Å². The molecule has 0 aliphatic carbocycles. The Labute approximate surface area is 117 Å². The maximum Gasteiger partial charge on any atom is 0.292 e. The van der Waals surface area contributed by atoms with Crippen LogP contribution in [0.5, 0.6) is 0 Å². The van der Waals surface area contributed by atoms with Crippen LogP contribution < -0.4 is 5.32 Å². The molecular weight excluding hydrogens is 258 g/mol. The van der Waals surface area contributed by atoms with Crippen LogP contribution in [0.1, 0.15) is 31.7 Å². The average molecular weight is 277 g/mol. The highest BCUT2D eigenvalue weighted by atomic mass is 16.6. The van der Waals surface area contributed by atoms with Crippen LogP contribution in [0.15, 0.2) is 18.2 Å². The van der Waals surface area contributed by atoms with E-state index in [4.69, 9.17) is 0 Å². The van der Waals surface area contributed by atoms with Crippen LogP contribution in [0.2, 0.25) is 0 Å². The first kappa shape index (κ1) is 14.3. The van der Waals surface area contributed by atoms with Crippen molar-refractivity contribution >= 4 is 17.3 Å². The Morgan fingerprint density at radius 1 is 1.40 bits per heavy atom. The zero-order chi connectivity index (χ0) is 14.5. The van der Waals surface area contributed by atoms with Crippen molar-refractivity contribution in [2.45, 2.75) is 32.7 Å². The van der Waals surface area contributed by atoms with Crippen LogP contribution in [0.25, 0.3) is 0 Å². The molecule has 0 radical (unpaired) electrons. The average Bonchev–Trinajstić information content (AvgIpc) is 2.43. The van der Waals surface area contributed by atoms with Crippen LogP contribution >= 0.6 is 0 Å². The predicted octanol–water partition coefficient (Wildman–Crippen LogP) is 2.54. The molecule has 0 saturated carbocycles. The molecule has 6 nitrogen and oxygen atoms in total. The van der Waals surface area contributed by atoms with Crippen molar-refractivity contribution in [3.8, 4) is 0 Å². The molecule has 1 saturated heterocycles. The molecule has 1 aliphatic heterocycles. The molecule has 1 aliphatic rings. The van der Waals surface area contributed by atoms with Crippen LogP contribution in [-0.4, -0.2) is 28.8 Å². The van der Waals surface area contributed by atoms with E-state index in [2.05, 4.69) is 5.32 Å². The molecule has 0 aromatic heterocycles. The number of amides is 1. The number of carbonyl (C=O) groups is 1. The minimum atomic E-state index is -0.389. The smallest absolute Gasteiger partial charge is 0.292 e. The number of nitro benzene ring substituents is 1. The fraction of sp³-hybridized carbons (Fsp3) is 0.500. The monoisotopic (exact) mass is 277 g/mol. The largest absolute Gasteiger partial charge is 0.379 e. The maximum absolute atomic E-state index is 11.9. The number of carbonyl (C=O) groups excluding carboxylic acids is 1. The van der Waals surface area contributed by atoms with Crippen molar-refractivity contribution in [3.05, 3.63) is 33.9 Å². The molecule has 0 bridgehead atoms. The minimum absolute atomic E-state index is 0.0637. The number of nitrogens with zero attached hydrogens (tertiary/aromatic N) is 2. The van der Waals surface area contributed by atoms with Crippen molar-refractivity contribution in [1.82, 2.24) is 4.90 Å². The second-order valence-electron chi connectivity index (χ2n) is 4.87. The Balaban J connectivity index is 2.28. The van der Waals surface area contributed by atoms with Crippen LogP contribution in [0.3, 0.4) is 0 Å². The summed E-state index contributed by atoms with van der Waals surface area (Å²) in [4.78, 5) is 24.3. The third kappa shape index (κ3) is 3.07. The van der Waals surface area contributed by atoms with E-state index in [0.717, 1.165) is 24.9 Å². The Hall–Kier alpha value is -2.11. The molecule has 6 heteroatoms. The second kappa shape index (κ2) is 6.36. The first-order chi connectivity index (χ1) is 9.63. The second-order valence-corrected chi connectivity index (χ2v) is 4.87. The summed E-state index contributed by atoms with van der Waals surface area (Å²) in [6.45, 7) is 3.66. The Morgan fingerprint density at radius 2 is 2.20 bits per heavy atom. The molecule has 20 heavy (non-hydrogen) atoms. The Kier molecular flexibility index (Phi) is 4.55. The summed E-state index contributed by atoms with van der Waals surface area (Å²) in [7, 11) is 0.